The molecule has 1 aromatic rings. The Balaban J connectivity index is 2.28. The van der Waals surface area contributed by atoms with Crippen LogP contribution in [0.4, 0.5) is 5.69 Å². The third-order valence-electron chi connectivity index (χ3n) is 2.39. The fraction of sp³-hybridized carbons (Fsp3) is 0.538. The first-order valence-electron chi connectivity index (χ1n) is 5.83. The minimum absolute atomic E-state index is 0.465. The summed E-state index contributed by atoms with van der Waals surface area (Å²) in [4.78, 5) is 0. The maximum Gasteiger partial charge on any atom is 0.0407 e. The highest BCUT2D eigenvalue weighted by atomic mass is 35.5. The van der Waals surface area contributed by atoms with Gasteiger partial charge in [-0.1, -0.05) is 25.4 Å². The largest absolute Gasteiger partial charge is 0.383 e. The summed E-state index contributed by atoms with van der Waals surface area (Å²) in [5.74, 6) is 0. The van der Waals surface area contributed by atoms with Crippen molar-refractivity contribution in [3.05, 3.63) is 29.3 Å². The van der Waals surface area contributed by atoms with Gasteiger partial charge in [-0.05, 0) is 44.2 Å². The average molecular weight is 241 g/mol. The van der Waals surface area contributed by atoms with Gasteiger partial charge >= 0.3 is 0 Å². The molecule has 0 aliphatic carbocycles. The quantitative estimate of drug-likeness (QED) is 0.795. The number of rotatable bonds is 6. The van der Waals surface area contributed by atoms with Gasteiger partial charge in [0.2, 0.25) is 0 Å². The number of hydrogen-bond acceptors (Lipinski definition) is 2. The Morgan fingerprint density at radius 1 is 1.12 bits per heavy atom. The van der Waals surface area contributed by atoms with Gasteiger partial charge in [0.1, 0.15) is 0 Å². The molecule has 2 N–H and O–H groups in total. The highest BCUT2D eigenvalue weighted by Crippen LogP contribution is 2.14. The van der Waals surface area contributed by atoms with Gasteiger partial charge in [-0.25, -0.2) is 0 Å². The van der Waals surface area contributed by atoms with Gasteiger partial charge in [0.05, 0.1) is 0 Å². The van der Waals surface area contributed by atoms with E-state index in [1.54, 1.807) is 0 Å². The molecule has 0 saturated carbocycles. The van der Waals surface area contributed by atoms with E-state index in [9.17, 15) is 0 Å². The predicted octanol–water partition coefficient (Wildman–Crippen LogP) is 3.53. The summed E-state index contributed by atoms with van der Waals surface area (Å²) < 4.78 is 0. The Morgan fingerprint density at radius 2 is 1.75 bits per heavy atom. The van der Waals surface area contributed by atoms with Gasteiger partial charge in [0.15, 0.2) is 0 Å². The second kappa shape index (κ2) is 6.77. The summed E-state index contributed by atoms with van der Waals surface area (Å²) in [6.07, 6.45) is 1.11. The topological polar surface area (TPSA) is 24.1 Å². The highest BCUT2D eigenvalue weighted by Gasteiger charge is 2.02. The molecule has 2 nitrogen and oxygen atoms in total. The molecule has 0 aliphatic rings. The minimum atomic E-state index is 0.465. The molecule has 0 aliphatic heterocycles. The first-order valence-corrected chi connectivity index (χ1v) is 6.21. The molecule has 16 heavy (non-hydrogen) atoms. The number of benzene rings is 1. The zero-order valence-electron chi connectivity index (χ0n) is 10.3. The van der Waals surface area contributed by atoms with Crippen LogP contribution >= 0.6 is 11.6 Å². The molecule has 0 aromatic heterocycles. The van der Waals surface area contributed by atoms with Crippen LogP contribution in [0.15, 0.2) is 24.3 Å². The van der Waals surface area contributed by atoms with E-state index in [1.165, 1.54) is 0 Å². The van der Waals surface area contributed by atoms with Crippen molar-refractivity contribution in [2.45, 2.75) is 39.3 Å². The Labute approximate surface area is 103 Å². The summed E-state index contributed by atoms with van der Waals surface area (Å²) in [7, 11) is 0. The Hall–Kier alpha value is -0.730. The number of nitrogens with one attached hydrogen (secondary N) is 2. The Morgan fingerprint density at radius 3 is 2.31 bits per heavy atom. The molecule has 0 unspecified atom stereocenters. The van der Waals surface area contributed by atoms with E-state index in [2.05, 4.69) is 31.4 Å². The third kappa shape index (κ3) is 5.38. The van der Waals surface area contributed by atoms with Gasteiger partial charge in [0.25, 0.3) is 0 Å². The molecule has 1 aromatic carbocycles. The van der Waals surface area contributed by atoms with Crippen molar-refractivity contribution in [1.29, 1.82) is 0 Å². The standard InChI is InChI=1S/C13H21ClN2/c1-10(2)15-9-8-11(3)16-13-6-4-12(14)5-7-13/h4-7,10-11,15-16H,8-9H2,1-3H3/t11-/m0/s1. The number of halogens is 1. The van der Waals surface area contributed by atoms with Crippen molar-refractivity contribution in [2.24, 2.45) is 0 Å². The van der Waals surface area contributed by atoms with Crippen molar-refractivity contribution in [3.63, 3.8) is 0 Å². The van der Waals surface area contributed by atoms with Gasteiger partial charge in [-0.3, -0.25) is 0 Å². The monoisotopic (exact) mass is 240 g/mol. The summed E-state index contributed by atoms with van der Waals surface area (Å²) >= 11 is 5.83. The first-order chi connectivity index (χ1) is 7.58. The van der Waals surface area contributed by atoms with Crippen LogP contribution in [0.3, 0.4) is 0 Å². The smallest absolute Gasteiger partial charge is 0.0407 e. The van der Waals surface area contributed by atoms with Crippen LogP contribution in [0.2, 0.25) is 5.02 Å². The lowest BCUT2D eigenvalue weighted by molar-refractivity contribution is 0.550. The van der Waals surface area contributed by atoms with Crippen LogP contribution in [-0.2, 0) is 0 Å². The van der Waals surface area contributed by atoms with Crippen LogP contribution in [0.25, 0.3) is 0 Å². The van der Waals surface area contributed by atoms with Crippen LogP contribution in [0, 0.1) is 0 Å². The van der Waals surface area contributed by atoms with E-state index in [1.807, 2.05) is 24.3 Å². The van der Waals surface area contributed by atoms with Crippen molar-refractivity contribution < 1.29 is 0 Å². The molecule has 0 amide bonds. The Bertz CT molecular complexity index is 295. The van der Waals surface area contributed by atoms with Crippen molar-refractivity contribution in [2.75, 3.05) is 11.9 Å². The first kappa shape index (κ1) is 13.3. The molecule has 0 spiro atoms. The molecule has 90 valence electrons. The highest BCUT2D eigenvalue weighted by molar-refractivity contribution is 6.30. The summed E-state index contributed by atoms with van der Waals surface area (Å²) in [5.41, 5.74) is 1.13. The van der Waals surface area contributed by atoms with Gasteiger partial charge in [0, 0.05) is 22.8 Å². The van der Waals surface area contributed by atoms with Crippen molar-refractivity contribution >= 4 is 17.3 Å². The third-order valence-corrected chi connectivity index (χ3v) is 2.64. The van der Waals surface area contributed by atoms with E-state index in [0.29, 0.717) is 12.1 Å². The molecular formula is C13H21ClN2. The molecule has 0 heterocycles. The van der Waals surface area contributed by atoms with Crippen LogP contribution in [0.1, 0.15) is 27.2 Å². The molecule has 0 saturated heterocycles. The van der Waals surface area contributed by atoms with Crippen LogP contribution < -0.4 is 10.6 Å². The van der Waals surface area contributed by atoms with Crippen LogP contribution in [0.5, 0.6) is 0 Å². The summed E-state index contributed by atoms with van der Waals surface area (Å²) in [6, 6.07) is 8.85. The second-order valence-electron chi connectivity index (χ2n) is 4.45. The Kier molecular flexibility index (Phi) is 5.64. The maximum absolute atomic E-state index is 5.83. The molecule has 1 rings (SSSR count). The lowest BCUT2D eigenvalue weighted by Gasteiger charge is -2.16. The number of anilines is 1. The zero-order chi connectivity index (χ0) is 12.0. The van der Waals surface area contributed by atoms with E-state index in [4.69, 9.17) is 11.6 Å². The van der Waals surface area contributed by atoms with Gasteiger partial charge < -0.3 is 10.6 Å². The number of hydrogen-bond donors (Lipinski definition) is 2. The molecule has 0 radical (unpaired) electrons. The van der Waals surface area contributed by atoms with Gasteiger partial charge in [-0.2, -0.15) is 0 Å². The fourth-order valence-electron chi connectivity index (χ4n) is 1.49. The van der Waals surface area contributed by atoms with E-state index < -0.39 is 0 Å². The van der Waals surface area contributed by atoms with E-state index in [-0.39, 0.29) is 0 Å². The average Bonchev–Trinajstić information content (AvgIpc) is 2.21. The van der Waals surface area contributed by atoms with Gasteiger partial charge in [-0.15, -0.1) is 0 Å². The lowest BCUT2D eigenvalue weighted by Crippen LogP contribution is -2.28. The van der Waals surface area contributed by atoms with Crippen molar-refractivity contribution in [3.8, 4) is 0 Å². The molecule has 3 heteroatoms. The predicted molar refractivity (Wildman–Crippen MR) is 72.3 cm³/mol. The summed E-state index contributed by atoms with van der Waals surface area (Å²) in [6.45, 7) is 7.56. The second-order valence-corrected chi connectivity index (χ2v) is 4.89. The normalized spacial score (nSPS) is 12.8. The molecule has 0 fully saturated rings. The summed E-state index contributed by atoms with van der Waals surface area (Å²) in [5, 5.41) is 7.63. The van der Waals surface area contributed by atoms with Crippen LogP contribution in [-0.4, -0.2) is 18.6 Å². The fourth-order valence-corrected chi connectivity index (χ4v) is 1.62. The minimum Gasteiger partial charge on any atom is -0.383 e. The maximum atomic E-state index is 5.83. The molecular weight excluding hydrogens is 220 g/mol. The molecule has 0 bridgehead atoms. The van der Waals surface area contributed by atoms with E-state index >= 15 is 0 Å². The lowest BCUT2D eigenvalue weighted by atomic mass is 10.2. The van der Waals surface area contributed by atoms with E-state index in [0.717, 1.165) is 23.7 Å². The SMILES string of the molecule is CC(C)NCC[C@H](C)Nc1ccc(Cl)cc1. The zero-order valence-corrected chi connectivity index (χ0v) is 11.0. The molecule has 1 atom stereocenters. The van der Waals surface area contributed by atoms with Crippen molar-refractivity contribution in [1.82, 2.24) is 5.32 Å².